The summed E-state index contributed by atoms with van der Waals surface area (Å²) < 4.78 is 14.0. The predicted molar refractivity (Wildman–Crippen MR) is 73.2 cm³/mol. The quantitative estimate of drug-likeness (QED) is 0.809. The first-order chi connectivity index (χ1) is 8.20. The normalized spacial score (nSPS) is 11.8. The van der Waals surface area contributed by atoms with Crippen LogP contribution in [-0.2, 0) is 0 Å². The monoisotopic (exact) mass is 297 g/mol. The Kier molecular flexibility index (Phi) is 6.25. The summed E-state index contributed by atoms with van der Waals surface area (Å²) in [7, 11) is 0. The van der Waals surface area contributed by atoms with Gasteiger partial charge < -0.3 is 5.32 Å². The molecule has 1 N–H and O–H groups in total. The second kappa shape index (κ2) is 7.47. The van der Waals surface area contributed by atoms with E-state index < -0.39 is 0 Å². The van der Waals surface area contributed by atoms with Gasteiger partial charge in [0.15, 0.2) is 0 Å². The lowest BCUT2D eigenvalue weighted by molar-refractivity contribution is 0.514. The number of benzene rings is 1. The highest BCUT2D eigenvalue weighted by Crippen LogP contribution is 2.28. The highest BCUT2D eigenvalue weighted by Gasteiger charge is 2.14. The average molecular weight is 298 g/mol. The molecule has 1 rings (SSSR count). The lowest BCUT2D eigenvalue weighted by Gasteiger charge is -2.19. The van der Waals surface area contributed by atoms with Gasteiger partial charge in [-0.25, -0.2) is 4.39 Å². The van der Waals surface area contributed by atoms with Crippen LogP contribution < -0.4 is 5.32 Å². The second-order valence-corrected chi connectivity index (χ2v) is 4.51. The van der Waals surface area contributed by atoms with Crippen LogP contribution >= 0.6 is 15.9 Å². The predicted octanol–water partition coefficient (Wildman–Crippen LogP) is 4.04. The summed E-state index contributed by atoms with van der Waals surface area (Å²) in [5.74, 6) is 5.71. The second-order valence-electron chi connectivity index (χ2n) is 3.72. The Balaban J connectivity index is 2.87. The molecule has 0 heterocycles. The topological polar surface area (TPSA) is 12.0 Å². The first-order valence-corrected chi connectivity index (χ1v) is 6.56. The van der Waals surface area contributed by atoms with Crippen LogP contribution in [0, 0.1) is 17.7 Å². The van der Waals surface area contributed by atoms with Crippen LogP contribution in [0.3, 0.4) is 0 Å². The van der Waals surface area contributed by atoms with E-state index in [2.05, 4.69) is 33.1 Å². The average Bonchev–Trinajstić information content (AvgIpc) is 2.32. The van der Waals surface area contributed by atoms with Crippen molar-refractivity contribution in [1.29, 1.82) is 0 Å². The van der Waals surface area contributed by atoms with E-state index in [1.165, 1.54) is 6.07 Å². The molecule has 0 radical (unpaired) electrons. The van der Waals surface area contributed by atoms with E-state index >= 15 is 0 Å². The molecule has 0 aliphatic carbocycles. The first kappa shape index (κ1) is 14.2. The maximum atomic E-state index is 13.5. The molecular weight excluding hydrogens is 281 g/mol. The van der Waals surface area contributed by atoms with E-state index in [0.717, 1.165) is 24.9 Å². The van der Waals surface area contributed by atoms with E-state index in [1.54, 1.807) is 6.07 Å². The minimum absolute atomic E-state index is 0.144. The summed E-state index contributed by atoms with van der Waals surface area (Å²) >= 11 is 3.31. The number of rotatable bonds is 5. The molecule has 0 amide bonds. The molecule has 0 spiro atoms. The summed E-state index contributed by atoms with van der Waals surface area (Å²) in [6.45, 7) is 4.74. The Morgan fingerprint density at radius 2 is 2.24 bits per heavy atom. The van der Waals surface area contributed by atoms with Crippen LogP contribution in [0.25, 0.3) is 0 Å². The van der Waals surface area contributed by atoms with E-state index in [9.17, 15) is 4.39 Å². The minimum Gasteiger partial charge on any atom is -0.310 e. The molecule has 17 heavy (non-hydrogen) atoms. The number of nitrogens with one attached hydrogen (secondary N) is 1. The Hall–Kier alpha value is -0.850. The number of hydrogen-bond acceptors (Lipinski definition) is 1. The van der Waals surface area contributed by atoms with E-state index in [0.29, 0.717) is 4.47 Å². The molecule has 92 valence electrons. The molecule has 0 bridgehead atoms. The zero-order valence-corrected chi connectivity index (χ0v) is 11.8. The third-order valence-corrected chi connectivity index (χ3v) is 3.38. The molecule has 3 heteroatoms. The van der Waals surface area contributed by atoms with Crippen LogP contribution in [0.15, 0.2) is 22.7 Å². The molecule has 1 aromatic carbocycles. The van der Waals surface area contributed by atoms with Gasteiger partial charge in [0.05, 0.1) is 4.47 Å². The first-order valence-electron chi connectivity index (χ1n) is 5.77. The minimum atomic E-state index is -0.216. The molecule has 1 atom stereocenters. The highest BCUT2D eigenvalue weighted by atomic mass is 79.9. The molecule has 0 saturated carbocycles. The van der Waals surface area contributed by atoms with E-state index in [-0.39, 0.29) is 11.9 Å². The molecule has 0 aliphatic rings. The lowest BCUT2D eigenvalue weighted by Crippen LogP contribution is -2.21. The van der Waals surface area contributed by atoms with Crippen LogP contribution in [0.5, 0.6) is 0 Å². The summed E-state index contributed by atoms with van der Waals surface area (Å²) in [6, 6.07) is 5.29. The number of hydrogen-bond donors (Lipinski definition) is 1. The van der Waals surface area contributed by atoms with Gasteiger partial charge in [-0.2, -0.15) is 0 Å². The van der Waals surface area contributed by atoms with Gasteiger partial charge in [-0.05, 0) is 47.4 Å². The SMILES string of the molecule is CC#CCCC(NCC)c1cccc(F)c1Br. The zero-order valence-electron chi connectivity index (χ0n) is 10.2. The van der Waals surface area contributed by atoms with Crippen molar-refractivity contribution in [3.05, 3.63) is 34.1 Å². The molecule has 0 fully saturated rings. The molecule has 0 aliphatic heterocycles. The van der Waals surface area contributed by atoms with Gasteiger partial charge >= 0.3 is 0 Å². The Bertz CT molecular complexity index is 420. The third kappa shape index (κ3) is 4.14. The van der Waals surface area contributed by atoms with Crippen molar-refractivity contribution in [3.63, 3.8) is 0 Å². The Morgan fingerprint density at radius 3 is 2.88 bits per heavy atom. The Morgan fingerprint density at radius 1 is 1.47 bits per heavy atom. The largest absolute Gasteiger partial charge is 0.310 e. The summed E-state index contributed by atoms with van der Waals surface area (Å²) in [6.07, 6.45) is 1.70. The lowest BCUT2D eigenvalue weighted by atomic mass is 10.0. The van der Waals surface area contributed by atoms with Gasteiger partial charge in [-0.3, -0.25) is 0 Å². The van der Waals surface area contributed by atoms with Gasteiger partial charge in [0, 0.05) is 12.5 Å². The maximum Gasteiger partial charge on any atom is 0.137 e. The fraction of sp³-hybridized carbons (Fsp3) is 0.429. The van der Waals surface area contributed by atoms with Crippen molar-refractivity contribution in [2.24, 2.45) is 0 Å². The summed E-state index contributed by atoms with van der Waals surface area (Å²) in [5.41, 5.74) is 0.963. The standard InChI is InChI=1S/C14H17BrFN/c1-3-5-6-10-13(17-4-2)11-8-7-9-12(16)14(11)15/h7-9,13,17H,4,6,10H2,1-2H3. The molecule has 0 saturated heterocycles. The van der Waals surface area contributed by atoms with E-state index in [1.807, 2.05) is 19.9 Å². The van der Waals surface area contributed by atoms with Crippen LogP contribution in [0.1, 0.15) is 38.3 Å². The maximum absolute atomic E-state index is 13.5. The van der Waals surface area contributed by atoms with Crippen LogP contribution in [0.4, 0.5) is 4.39 Å². The molecule has 1 unspecified atom stereocenters. The van der Waals surface area contributed by atoms with Crippen molar-refractivity contribution in [2.45, 2.75) is 32.7 Å². The van der Waals surface area contributed by atoms with Crippen molar-refractivity contribution in [3.8, 4) is 11.8 Å². The van der Waals surface area contributed by atoms with Crippen molar-refractivity contribution in [2.75, 3.05) is 6.54 Å². The van der Waals surface area contributed by atoms with Crippen LogP contribution in [0.2, 0.25) is 0 Å². The summed E-state index contributed by atoms with van der Waals surface area (Å²) in [4.78, 5) is 0. The molecular formula is C14H17BrFN. The van der Waals surface area contributed by atoms with Crippen molar-refractivity contribution < 1.29 is 4.39 Å². The smallest absolute Gasteiger partial charge is 0.137 e. The fourth-order valence-electron chi connectivity index (χ4n) is 1.75. The molecule has 0 aromatic heterocycles. The number of halogens is 2. The van der Waals surface area contributed by atoms with Gasteiger partial charge in [-0.15, -0.1) is 11.8 Å². The van der Waals surface area contributed by atoms with Gasteiger partial charge in [-0.1, -0.05) is 19.1 Å². The third-order valence-electron chi connectivity index (χ3n) is 2.54. The van der Waals surface area contributed by atoms with E-state index in [4.69, 9.17) is 0 Å². The Labute approximate surface area is 111 Å². The zero-order chi connectivity index (χ0) is 12.7. The van der Waals surface area contributed by atoms with Gasteiger partial charge in [0.2, 0.25) is 0 Å². The fourth-order valence-corrected chi connectivity index (χ4v) is 2.29. The van der Waals surface area contributed by atoms with Gasteiger partial charge in [0.1, 0.15) is 5.82 Å². The van der Waals surface area contributed by atoms with Gasteiger partial charge in [0.25, 0.3) is 0 Å². The highest BCUT2D eigenvalue weighted by molar-refractivity contribution is 9.10. The summed E-state index contributed by atoms with van der Waals surface area (Å²) in [5, 5.41) is 3.36. The molecule has 1 aromatic rings. The van der Waals surface area contributed by atoms with Crippen LogP contribution in [-0.4, -0.2) is 6.54 Å². The molecule has 1 nitrogen and oxygen atoms in total. The van der Waals surface area contributed by atoms with Crippen molar-refractivity contribution >= 4 is 15.9 Å². The van der Waals surface area contributed by atoms with Crippen molar-refractivity contribution in [1.82, 2.24) is 5.32 Å².